The molecule has 2 rings (SSSR count). The van der Waals surface area contributed by atoms with Gasteiger partial charge in [-0.25, -0.2) is 0 Å². The molecule has 0 saturated carbocycles. The van der Waals surface area contributed by atoms with Gasteiger partial charge in [-0.15, -0.1) is 0 Å². The lowest BCUT2D eigenvalue weighted by Crippen LogP contribution is -2.09. The normalized spacial score (nSPS) is 10.7. The molecule has 6 heteroatoms. The highest BCUT2D eigenvalue weighted by Gasteiger charge is 2.19. The van der Waals surface area contributed by atoms with Crippen LogP contribution in [0.1, 0.15) is 25.3 Å². The van der Waals surface area contributed by atoms with E-state index in [0.717, 1.165) is 4.90 Å². The molecular weight excluding hydrogens is 286 g/mol. The second-order valence-corrected chi connectivity index (χ2v) is 5.99. The van der Waals surface area contributed by atoms with E-state index in [1.807, 2.05) is 24.3 Å². The van der Waals surface area contributed by atoms with Crippen LogP contribution < -0.4 is 11.3 Å². The summed E-state index contributed by atoms with van der Waals surface area (Å²) < 4.78 is 0. The van der Waals surface area contributed by atoms with Gasteiger partial charge in [0.25, 0.3) is 0 Å². The van der Waals surface area contributed by atoms with Gasteiger partial charge in [-0.3, -0.25) is 16.0 Å². The molecule has 0 aliphatic heterocycles. The minimum atomic E-state index is -0.417. The molecule has 0 spiro atoms. The average molecular weight is 303 g/mol. The van der Waals surface area contributed by atoms with Crippen molar-refractivity contribution in [2.24, 2.45) is 5.84 Å². The molecule has 0 heterocycles. The lowest BCUT2D eigenvalue weighted by Gasteiger charge is -2.09. The summed E-state index contributed by atoms with van der Waals surface area (Å²) in [4.78, 5) is 12.3. The first-order valence-electron chi connectivity index (χ1n) is 6.54. The summed E-state index contributed by atoms with van der Waals surface area (Å²) in [5.74, 6) is 5.80. The summed E-state index contributed by atoms with van der Waals surface area (Å²) in [6.45, 7) is 4.26. The first-order valence-corrected chi connectivity index (χ1v) is 7.36. The molecular formula is C15H17N3O2S. The van der Waals surface area contributed by atoms with Crippen molar-refractivity contribution < 1.29 is 4.92 Å². The molecule has 0 fully saturated rings. The third kappa shape index (κ3) is 3.53. The highest BCUT2D eigenvalue weighted by atomic mass is 32.2. The van der Waals surface area contributed by atoms with Crippen LogP contribution in [0.3, 0.4) is 0 Å². The predicted molar refractivity (Wildman–Crippen MR) is 85.6 cm³/mol. The molecule has 2 aromatic rings. The lowest BCUT2D eigenvalue weighted by molar-refractivity contribution is -0.386. The SMILES string of the molecule is CC(C)c1ccc(Sc2cccc(NN)c2[N+](=O)[O-])cc1. The number of nitrogens with one attached hydrogen (secondary N) is 1. The fraction of sp³-hybridized carbons (Fsp3) is 0.200. The fourth-order valence-corrected chi connectivity index (χ4v) is 2.91. The van der Waals surface area contributed by atoms with Crippen molar-refractivity contribution in [3.8, 4) is 0 Å². The Morgan fingerprint density at radius 3 is 2.38 bits per heavy atom. The molecule has 5 nitrogen and oxygen atoms in total. The van der Waals surface area contributed by atoms with Crippen molar-refractivity contribution in [1.82, 2.24) is 0 Å². The Hall–Kier alpha value is -2.05. The van der Waals surface area contributed by atoms with Crippen LogP contribution in [0.2, 0.25) is 0 Å². The van der Waals surface area contributed by atoms with Gasteiger partial charge in [0, 0.05) is 4.90 Å². The van der Waals surface area contributed by atoms with E-state index in [1.54, 1.807) is 18.2 Å². The zero-order chi connectivity index (χ0) is 15.4. The maximum Gasteiger partial charge on any atom is 0.307 e. The van der Waals surface area contributed by atoms with E-state index >= 15 is 0 Å². The minimum Gasteiger partial charge on any atom is -0.318 e. The largest absolute Gasteiger partial charge is 0.318 e. The molecule has 21 heavy (non-hydrogen) atoms. The standard InChI is InChI=1S/C15H17N3O2S/c1-10(2)11-6-8-12(9-7-11)21-14-5-3-4-13(17-16)15(14)18(19)20/h3-10,17H,16H2,1-2H3. The molecule has 0 radical (unpaired) electrons. The van der Waals surface area contributed by atoms with E-state index in [2.05, 4.69) is 19.3 Å². The van der Waals surface area contributed by atoms with Gasteiger partial charge in [0.05, 0.1) is 9.82 Å². The first-order chi connectivity index (χ1) is 10.0. The number of hydrazine groups is 1. The third-order valence-electron chi connectivity index (χ3n) is 3.11. The summed E-state index contributed by atoms with van der Waals surface area (Å²) in [5.41, 5.74) is 3.92. The van der Waals surface area contributed by atoms with E-state index in [9.17, 15) is 10.1 Å². The lowest BCUT2D eigenvalue weighted by atomic mass is 10.0. The first kappa shape index (κ1) is 15.3. The van der Waals surface area contributed by atoms with E-state index < -0.39 is 4.92 Å². The number of benzene rings is 2. The Bertz CT molecular complexity index is 642. The van der Waals surface area contributed by atoms with E-state index in [-0.39, 0.29) is 5.69 Å². The summed E-state index contributed by atoms with van der Waals surface area (Å²) in [6, 6.07) is 13.1. The quantitative estimate of drug-likeness (QED) is 0.492. The number of rotatable bonds is 5. The Kier molecular flexibility index (Phi) is 4.82. The number of nitro benzene ring substituents is 1. The van der Waals surface area contributed by atoms with Crippen LogP contribution in [-0.2, 0) is 0 Å². The third-order valence-corrected chi connectivity index (χ3v) is 4.17. The monoisotopic (exact) mass is 303 g/mol. The van der Waals surface area contributed by atoms with Crippen LogP contribution in [0, 0.1) is 10.1 Å². The number of nitrogens with zero attached hydrogens (tertiary/aromatic N) is 1. The smallest absolute Gasteiger partial charge is 0.307 e. The van der Waals surface area contributed by atoms with Crippen molar-refractivity contribution in [2.75, 3.05) is 5.43 Å². The van der Waals surface area contributed by atoms with Crippen LogP contribution in [0.15, 0.2) is 52.3 Å². The van der Waals surface area contributed by atoms with Crippen LogP contribution in [-0.4, -0.2) is 4.92 Å². The maximum absolute atomic E-state index is 11.2. The predicted octanol–water partition coefficient (Wildman–Crippen LogP) is 4.16. The summed E-state index contributed by atoms with van der Waals surface area (Å²) in [7, 11) is 0. The summed E-state index contributed by atoms with van der Waals surface area (Å²) in [5, 5.41) is 11.2. The number of para-hydroxylation sites is 1. The van der Waals surface area contributed by atoms with Gasteiger partial charge in [0.2, 0.25) is 0 Å². The van der Waals surface area contributed by atoms with Gasteiger partial charge >= 0.3 is 5.69 Å². The number of hydrogen-bond acceptors (Lipinski definition) is 5. The molecule has 0 saturated heterocycles. The Labute approximate surface area is 127 Å². The molecule has 0 amide bonds. The fourth-order valence-electron chi connectivity index (χ4n) is 1.96. The number of anilines is 1. The zero-order valence-corrected chi connectivity index (χ0v) is 12.7. The minimum absolute atomic E-state index is 0.00191. The van der Waals surface area contributed by atoms with Gasteiger partial charge in [-0.2, -0.15) is 0 Å². The van der Waals surface area contributed by atoms with Crippen LogP contribution in [0.4, 0.5) is 11.4 Å². The topological polar surface area (TPSA) is 81.2 Å². The molecule has 2 aromatic carbocycles. The van der Waals surface area contributed by atoms with Gasteiger partial charge in [-0.05, 0) is 35.7 Å². The van der Waals surface area contributed by atoms with E-state index in [0.29, 0.717) is 16.5 Å². The highest BCUT2D eigenvalue weighted by molar-refractivity contribution is 7.99. The van der Waals surface area contributed by atoms with Crippen LogP contribution in [0.5, 0.6) is 0 Å². The molecule has 0 bridgehead atoms. The molecule has 0 aromatic heterocycles. The highest BCUT2D eigenvalue weighted by Crippen LogP contribution is 2.39. The molecule has 110 valence electrons. The van der Waals surface area contributed by atoms with E-state index in [1.165, 1.54) is 17.3 Å². The number of nitrogens with two attached hydrogens (primary N) is 1. The molecule has 3 N–H and O–H groups in total. The molecule has 0 unspecified atom stereocenters. The van der Waals surface area contributed by atoms with Crippen molar-refractivity contribution in [1.29, 1.82) is 0 Å². The Morgan fingerprint density at radius 1 is 1.19 bits per heavy atom. The van der Waals surface area contributed by atoms with E-state index in [4.69, 9.17) is 5.84 Å². The van der Waals surface area contributed by atoms with Gasteiger partial charge < -0.3 is 5.43 Å². The number of hydrogen-bond donors (Lipinski definition) is 2. The second kappa shape index (κ2) is 6.60. The zero-order valence-electron chi connectivity index (χ0n) is 11.9. The van der Waals surface area contributed by atoms with Crippen molar-refractivity contribution in [3.63, 3.8) is 0 Å². The van der Waals surface area contributed by atoms with Crippen molar-refractivity contribution in [2.45, 2.75) is 29.6 Å². The maximum atomic E-state index is 11.2. The molecule has 0 aliphatic carbocycles. The molecule has 0 atom stereocenters. The summed E-state index contributed by atoms with van der Waals surface area (Å²) >= 11 is 1.36. The average Bonchev–Trinajstić information content (AvgIpc) is 2.47. The molecule has 0 aliphatic rings. The second-order valence-electron chi connectivity index (χ2n) is 4.88. The van der Waals surface area contributed by atoms with Gasteiger partial charge in [-0.1, -0.05) is 43.8 Å². The van der Waals surface area contributed by atoms with Gasteiger partial charge in [0.1, 0.15) is 5.69 Å². The Balaban J connectivity index is 2.33. The summed E-state index contributed by atoms with van der Waals surface area (Å²) in [6.07, 6.45) is 0. The van der Waals surface area contributed by atoms with Crippen molar-refractivity contribution >= 4 is 23.1 Å². The van der Waals surface area contributed by atoms with Crippen LogP contribution in [0.25, 0.3) is 0 Å². The number of nitrogen functional groups attached to an aromatic ring is 1. The number of nitro groups is 1. The van der Waals surface area contributed by atoms with Crippen molar-refractivity contribution in [3.05, 3.63) is 58.1 Å². The van der Waals surface area contributed by atoms with Gasteiger partial charge in [0.15, 0.2) is 0 Å². The Morgan fingerprint density at radius 2 is 1.86 bits per heavy atom. The van der Waals surface area contributed by atoms with Crippen LogP contribution >= 0.6 is 11.8 Å².